The van der Waals surface area contributed by atoms with Gasteiger partial charge in [-0.05, 0) is 164 Å². The maximum Gasteiger partial charge on any atom is 0.325 e. The summed E-state index contributed by atoms with van der Waals surface area (Å²) >= 11 is 0. The van der Waals surface area contributed by atoms with E-state index in [9.17, 15) is 4.12 Å². The average molecular weight is 920 g/mol. The van der Waals surface area contributed by atoms with Crippen LogP contribution in [0.15, 0.2) is 49.5 Å². The summed E-state index contributed by atoms with van der Waals surface area (Å²) in [6.45, 7) is 58.3. The monoisotopic (exact) mass is 919 g/mol. The van der Waals surface area contributed by atoms with Crippen LogP contribution in [0.3, 0.4) is 0 Å². The van der Waals surface area contributed by atoms with Gasteiger partial charge in [0.2, 0.25) is 0 Å². The zero-order chi connectivity index (χ0) is 46.8. The van der Waals surface area contributed by atoms with Crippen LogP contribution < -0.4 is 0 Å². The van der Waals surface area contributed by atoms with E-state index in [2.05, 4.69) is 147 Å². The van der Waals surface area contributed by atoms with Crippen molar-refractivity contribution in [3.63, 3.8) is 0 Å². The van der Waals surface area contributed by atoms with Crippen molar-refractivity contribution in [1.82, 2.24) is 0 Å². The molecule has 5 aliphatic carbocycles. The summed E-state index contributed by atoms with van der Waals surface area (Å²) in [4.78, 5) is 0. The molecule has 15 unspecified atom stereocenters. The third kappa shape index (κ3) is 10.4. The molecule has 0 aromatic rings. The number of hydrogen-bond donors (Lipinski definition) is 0. The number of allylic oxidation sites excluding steroid dienone is 1. The van der Waals surface area contributed by atoms with Crippen LogP contribution in [0.1, 0.15) is 200 Å². The summed E-state index contributed by atoms with van der Waals surface area (Å²) in [6, 6.07) is 0. The van der Waals surface area contributed by atoms with Crippen molar-refractivity contribution in [1.29, 1.82) is 0 Å². The van der Waals surface area contributed by atoms with Crippen molar-refractivity contribution < 1.29 is 8.23 Å². The van der Waals surface area contributed by atoms with Gasteiger partial charge >= 0.3 is 8.56 Å². The summed E-state index contributed by atoms with van der Waals surface area (Å²) in [6.07, 6.45) is 22.3. The lowest BCUT2D eigenvalue weighted by molar-refractivity contribution is 0.105. The van der Waals surface area contributed by atoms with Gasteiger partial charge < -0.3 is 8.23 Å². The molecule has 0 radical (unpaired) electrons. The predicted octanol–water partition coefficient (Wildman–Crippen LogP) is 18.4. The fourth-order valence-corrected chi connectivity index (χ4v) is 39.7. The molecule has 5 aliphatic rings. The second kappa shape index (κ2) is 21.9. The van der Waals surface area contributed by atoms with E-state index in [4.69, 9.17) is 10.7 Å². The second-order valence-electron chi connectivity index (χ2n) is 25.9. The minimum Gasteiger partial charge on any atom is -0.434 e. The van der Waals surface area contributed by atoms with Crippen LogP contribution in [0, 0.1) is 88.8 Å². The first-order chi connectivity index (χ1) is 29.6. The van der Waals surface area contributed by atoms with Gasteiger partial charge in [-0.15, -0.1) is 26.3 Å². The molecule has 63 heavy (non-hydrogen) atoms. The number of rotatable bonds is 18. The van der Waals surface area contributed by atoms with Crippen LogP contribution in [0.5, 0.6) is 0 Å². The molecule has 5 rings (SSSR count). The highest BCUT2D eigenvalue weighted by atomic mass is 28.5. The first-order valence-electron chi connectivity index (χ1n) is 27.6. The molecule has 0 aromatic heterocycles. The van der Waals surface area contributed by atoms with E-state index in [0.29, 0.717) is 111 Å². The number of hydrogen-bond acceptors (Lipinski definition) is 2. The lowest BCUT2D eigenvalue weighted by Crippen LogP contribution is -2.74. The third-order valence-corrected chi connectivity index (χ3v) is 36.5. The minimum absolute atomic E-state index is 0.0495. The van der Waals surface area contributed by atoms with Crippen LogP contribution in [0.25, 0.3) is 0 Å². The van der Waals surface area contributed by atoms with Gasteiger partial charge in [0, 0.05) is 16.1 Å². The van der Waals surface area contributed by atoms with Gasteiger partial charge in [-0.1, -0.05) is 159 Å². The molecule has 0 bridgehead atoms. The largest absolute Gasteiger partial charge is 0.434 e. The summed E-state index contributed by atoms with van der Waals surface area (Å²) in [5, 5.41) is -0.0495. The van der Waals surface area contributed by atoms with Gasteiger partial charge in [0.05, 0.1) is 0 Å². The Labute approximate surface area is 397 Å². The molecule has 0 heterocycles. The summed E-state index contributed by atoms with van der Waals surface area (Å²) < 4.78 is 19.0. The normalized spacial score (nSPS) is 40.4. The van der Waals surface area contributed by atoms with Gasteiger partial charge in [0.1, 0.15) is 0 Å². The Bertz CT molecular complexity index is 1410. The first kappa shape index (κ1) is 53.5. The van der Waals surface area contributed by atoms with Gasteiger partial charge in [-0.2, -0.15) is 0 Å². The van der Waals surface area contributed by atoms with Gasteiger partial charge in [0.15, 0.2) is 8.32 Å². The van der Waals surface area contributed by atoms with E-state index >= 15 is 0 Å². The Morgan fingerprint density at radius 2 is 0.762 bits per heavy atom. The zero-order valence-corrected chi connectivity index (χ0v) is 47.5. The topological polar surface area (TPSA) is 18.5 Å². The molecule has 0 amide bonds. The Morgan fingerprint density at radius 1 is 0.429 bits per heavy atom. The molecule has 5 heteroatoms. The molecule has 362 valence electrons. The van der Waals surface area contributed by atoms with Crippen LogP contribution in [0.2, 0.25) is 27.2 Å². The highest BCUT2D eigenvalue weighted by Gasteiger charge is 2.74. The summed E-state index contributed by atoms with van der Waals surface area (Å²) in [5.41, 5.74) is 8.65. The molecule has 5 saturated carbocycles. The van der Waals surface area contributed by atoms with Gasteiger partial charge in [0.25, 0.3) is 8.32 Å². The van der Waals surface area contributed by atoms with Crippen molar-refractivity contribution in [2.75, 3.05) is 0 Å². The summed E-state index contributed by atoms with van der Waals surface area (Å²) in [7, 11) is -9.41. The molecule has 0 spiro atoms. The SMILES string of the molecule is C=CC1([Si](O[Si](O[Si](C=C)(C=C)C=C)(C2CC(C)CCC2C(C)C)C2CC(C)CCC2C(C)C)(C2CC(C)CCC2C(C)C)C2CC(C)CCC2C(C)C)CC(C)CCC1C(C)C. The highest BCUT2D eigenvalue weighted by molar-refractivity contribution is 6.98. The zero-order valence-electron chi connectivity index (χ0n) is 44.5. The van der Waals surface area contributed by atoms with Crippen molar-refractivity contribution in [3.05, 3.63) is 49.5 Å². The summed E-state index contributed by atoms with van der Waals surface area (Å²) in [5.74, 6) is 9.39. The van der Waals surface area contributed by atoms with E-state index in [1.54, 1.807) is 0 Å². The van der Waals surface area contributed by atoms with Gasteiger partial charge in [-0.25, -0.2) is 0 Å². The van der Waals surface area contributed by atoms with Gasteiger partial charge in [-0.3, -0.25) is 0 Å². The van der Waals surface area contributed by atoms with Crippen LogP contribution >= 0.6 is 0 Å². The van der Waals surface area contributed by atoms with E-state index in [1.807, 2.05) is 0 Å². The highest BCUT2D eigenvalue weighted by Crippen LogP contribution is 2.74. The van der Waals surface area contributed by atoms with E-state index in [-0.39, 0.29) is 5.04 Å². The lowest BCUT2D eigenvalue weighted by atomic mass is 9.69. The maximum atomic E-state index is 10.1. The molecule has 0 aromatic carbocycles. The third-order valence-electron chi connectivity index (χ3n) is 20.1. The van der Waals surface area contributed by atoms with Crippen LogP contribution in [-0.2, 0) is 8.23 Å². The van der Waals surface area contributed by atoms with E-state index in [1.165, 1.54) is 96.3 Å². The first-order valence-corrected chi connectivity index (χ1v) is 33.7. The molecule has 0 aliphatic heterocycles. The quantitative estimate of drug-likeness (QED) is 0.101. The smallest absolute Gasteiger partial charge is 0.325 e. The standard InChI is InChI=1S/C58H106O2Si3/c1-20-58(38-48(19)28-33-53(58)43(13)14)62(54-34-44(15)24-29-49(54)39(5)6,55-35-45(16)25-30-50(55)40(7)8)60-63(59-61(21-2,22-3)23-4,56-36-46(17)26-31-51(56)41(9)10)57-37-47(18)27-32-52(57)42(11)12/h20-23,39-57H,1-4,24-38H2,5-19H3. The van der Waals surface area contributed by atoms with Crippen molar-refractivity contribution in [2.24, 2.45) is 88.8 Å². The Kier molecular flexibility index (Phi) is 18.6. The van der Waals surface area contributed by atoms with Crippen LogP contribution in [-0.4, -0.2) is 25.2 Å². The fraction of sp³-hybridized carbons (Fsp3) is 0.862. The lowest BCUT2D eigenvalue weighted by Gasteiger charge is -2.69. The molecular formula is C58H106O2Si3. The van der Waals surface area contributed by atoms with Crippen LogP contribution in [0.4, 0.5) is 0 Å². The second-order valence-corrected chi connectivity index (χ2v) is 37.4. The maximum absolute atomic E-state index is 10.1. The molecule has 15 atom stereocenters. The molecule has 0 saturated heterocycles. The predicted molar refractivity (Wildman–Crippen MR) is 285 cm³/mol. The van der Waals surface area contributed by atoms with E-state index < -0.39 is 25.2 Å². The Morgan fingerprint density at radius 3 is 1.08 bits per heavy atom. The van der Waals surface area contributed by atoms with Crippen molar-refractivity contribution in [3.8, 4) is 0 Å². The molecule has 2 nitrogen and oxygen atoms in total. The van der Waals surface area contributed by atoms with E-state index in [0.717, 1.165) is 0 Å². The fourth-order valence-electron chi connectivity index (χ4n) is 16.8. The molecule has 0 N–H and O–H groups in total. The van der Waals surface area contributed by atoms with Crippen molar-refractivity contribution >= 4 is 25.2 Å². The van der Waals surface area contributed by atoms with Crippen molar-refractivity contribution in [2.45, 2.75) is 227 Å². The Balaban J connectivity index is 2.12. The average Bonchev–Trinajstić information content (AvgIpc) is 3.23. The molecular weight excluding hydrogens is 813 g/mol. The Hall–Kier alpha value is -0.469. The molecule has 5 fully saturated rings. The minimum atomic E-state index is -3.38.